The Hall–Kier alpha value is -1.23. The summed E-state index contributed by atoms with van der Waals surface area (Å²) in [6, 6.07) is 0. The minimum Gasteiger partial charge on any atom is -0.449 e. The minimum absolute atomic E-state index is 0.222. The van der Waals surface area contributed by atoms with Crippen LogP contribution in [-0.4, -0.2) is 12.1 Å². The third-order valence-electron chi connectivity index (χ3n) is 2.81. The van der Waals surface area contributed by atoms with Gasteiger partial charge in [-0.1, -0.05) is 37.7 Å². The van der Waals surface area contributed by atoms with E-state index in [-0.39, 0.29) is 12.1 Å². The number of carbonyl (C=O) groups is 1. The van der Waals surface area contributed by atoms with Crippen molar-refractivity contribution >= 4 is 5.97 Å². The smallest absolute Gasteiger partial charge is 0.303 e. The van der Waals surface area contributed by atoms with Gasteiger partial charge in [-0.25, -0.2) is 0 Å². The van der Waals surface area contributed by atoms with Crippen LogP contribution in [0.3, 0.4) is 0 Å². The number of rotatable bonds is 5. The Morgan fingerprint density at radius 3 is 2.94 bits per heavy atom. The van der Waals surface area contributed by atoms with Crippen LogP contribution in [0, 0.1) is 11.8 Å². The second-order valence-electron chi connectivity index (χ2n) is 4.48. The van der Waals surface area contributed by atoms with Crippen LogP contribution in [0.1, 0.15) is 58.8 Å². The van der Waals surface area contributed by atoms with Crippen LogP contribution in [0.15, 0.2) is 11.6 Å². The second-order valence-corrected chi connectivity index (χ2v) is 4.48. The van der Waals surface area contributed by atoms with Crippen molar-refractivity contribution in [2.75, 3.05) is 0 Å². The van der Waals surface area contributed by atoms with Gasteiger partial charge in [0.1, 0.15) is 0 Å². The highest BCUT2D eigenvalue weighted by Crippen LogP contribution is 2.16. The van der Waals surface area contributed by atoms with Crippen molar-refractivity contribution in [2.24, 2.45) is 0 Å². The Kier molecular flexibility index (Phi) is 6.47. The van der Waals surface area contributed by atoms with Crippen molar-refractivity contribution in [2.45, 2.75) is 64.9 Å². The summed E-state index contributed by atoms with van der Waals surface area (Å²) < 4.78 is 5.22. The molecule has 0 radical (unpaired) electrons. The molecule has 17 heavy (non-hydrogen) atoms. The maximum absolute atomic E-state index is 11.0. The van der Waals surface area contributed by atoms with Crippen LogP contribution in [0.2, 0.25) is 0 Å². The first-order chi connectivity index (χ1) is 8.22. The van der Waals surface area contributed by atoms with E-state index < -0.39 is 0 Å². The molecule has 2 heteroatoms. The lowest BCUT2D eigenvalue weighted by atomic mass is 10.1. The molecule has 0 N–H and O–H groups in total. The van der Waals surface area contributed by atoms with Crippen molar-refractivity contribution in [3.63, 3.8) is 0 Å². The van der Waals surface area contributed by atoms with Crippen LogP contribution < -0.4 is 0 Å². The molecule has 1 unspecified atom stereocenters. The number of esters is 1. The first-order valence-corrected chi connectivity index (χ1v) is 6.60. The van der Waals surface area contributed by atoms with E-state index in [2.05, 4.69) is 24.8 Å². The zero-order valence-electron chi connectivity index (χ0n) is 10.9. The van der Waals surface area contributed by atoms with Gasteiger partial charge in [0.05, 0.1) is 0 Å². The van der Waals surface area contributed by atoms with E-state index in [0.29, 0.717) is 0 Å². The molecule has 0 aliphatic heterocycles. The van der Waals surface area contributed by atoms with E-state index in [1.54, 1.807) is 0 Å². The lowest BCUT2D eigenvalue weighted by Gasteiger charge is -2.10. The Labute approximate surface area is 104 Å². The molecule has 0 heterocycles. The SMILES string of the molecule is CCCCCC(C#CC1=CCCC1)OC(C)=O. The highest BCUT2D eigenvalue weighted by molar-refractivity contribution is 5.66. The normalized spacial score (nSPS) is 15.8. The molecule has 1 rings (SSSR count). The highest BCUT2D eigenvalue weighted by Gasteiger charge is 2.08. The van der Waals surface area contributed by atoms with Gasteiger partial charge in [-0.3, -0.25) is 4.79 Å². The molecule has 94 valence electrons. The van der Waals surface area contributed by atoms with Gasteiger partial charge in [-0.05, 0) is 37.7 Å². The second kappa shape index (κ2) is 7.95. The summed E-state index contributed by atoms with van der Waals surface area (Å²) in [4.78, 5) is 11.0. The van der Waals surface area contributed by atoms with Gasteiger partial charge in [0.15, 0.2) is 6.10 Å². The van der Waals surface area contributed by atoms with Gasteiger partial charge in [0.2, 0.25) is 0 Å². The zero-order chi connectivity index (χ0) is 12.5. The molecule has 1 aliphatic carbocycles. The molecular formula is C15H22O2. The fraction of sp³-hybridized carbons (Fsp3) is 0.667. The average molecular weight is 234 g/mol. The Morgan fingerprint density at radius 2 is 2.35 bits per heavy atom. The quantitative estimate of drug-likeness (QED) is 0.412. The highest BCUT2D eigenvalue weighted by atomic mass is 16.5. The van der Waals surface area contributed by atoms with E-state index in [1.807, 2.05) is 0 Å². The van der Waals surface area contributed by atoms with Crippen molar-refractivity contribution in [1.82, 2.24) is 0 Å². The molecule has 0 saturated heterocycles. The number of ether oxygens (including phenoxy) is 1. The van der Waals surface area contributed by atoms with Gasteiger partial charge in [-0.15, -0.1) is 0 Å². The van der Waals surface area contributed by atoms with Gasteiger partial charge in [-0.2, -0.15) is 0 Å². The fourth-order valence-corrected chi connectivity index (χ4v) is 1.90. The maximum atomic E-state index is 11.0. The largest absolute Gasteiger partial charge is 0.449 e. The summed E-state index contributed by atoms with van der Waals surface area (Å²) in [5.74, 6) is 6.00. The van der Waals surface area contributed by atoms with Gasteiger partial charge < -0.3 is 4.74 Å². The van der Waals surface area contributed by atoms with Crippen molar-refractivity contribution in [3.05, 3.63) is 11.6 Å². The Bertz CT molecular complexity index is 331. The van der Waals surface area contributed by atoms with Gasteiger partial charge >= 0.3 is 5.97 Å². The summed E-state index contributed by atoms with van der Waals surface area (Å²) in [5, 5.41) is 0. The topological polar surface area (TPSA) is 26.3 Å². The molecule has 1 aliphatic rings. The molecule has 0 aromatic rings. The molecule has 0 bridgehead atoms. The van der Waals surface area contributed by atoms with Crippen molar-refractivity contribution in [3.8, 4) is 11.8 Å². The lowest BCUT2D eigenvalue weighted by Crippen LogP contribution is -2.14. The van der Waals surface area contributed by atoms with E-state index in [4.69, 9.17) is 4.74 Å². The number of hydrogen-bond donors (Lipinski definition) is 0. The number of unbranched alkanes of at least 4 members (excludes halogenated alkanes) is 2. The van der Waals surface area contributed by atoms with E-state index in [9.17, 15) is 4.79 Å². The first-order valence-electron chi connectivity index (χ1n) is 6.60. The number of hydrogen-bond acceptors (Lipinski definition) is 2. The lowest BCUT2D eigenvalue weighted by molar-refractivity contribution is -0.144. The summed E-state index contributed by atoms with van der Waals surface area (Å²) in [5.41, 5.74) is 1.21. The Balaban J connectivity index is 2.46. The molecule has 0 aromatic carbocycles. The maximum Gasteiger partial charge on any atom is 0.303 e. The molecule has 1 atom stereocenters. The van der Waals surface area contributed by atoms with Crippen molar-refractivity contribution < 1.29 is 9.53 Å². The van der Waals surface area contributed by atoms with Gasteiger partial charge in [0.25, 0.3) is 0 Å². The van der Waals surface area contributed by atoms with Crippen molar-refractivity contribution in [1.29, 1.82) is 0 Å². The average Bonchev–Trinajstić information content (AvgIpc) is 2.78. The number of allylic oxidation sites excluding steroid dienone is 2. The molecular weight excluding hydrogens is 212 g/mol. The summed E-state index contributed by atoms with van der Waals surface area (Å²) in [6.07, 6.45) is 9.65. The summed E-state index contributed by atoms with van der Waals surface area (Å²) in [7, 11) is 0. The zero-order valence-corrected chi connectivity index (χ0v) is 10.9. The monoisotopic (exact) mass is 234 g/mol. The summed E-state index contributed by atoms with van der Waals surface area (Å²) >= 11 is 0. The van der Waals surface area contributed by atoms with Crippen LogP contribution >= 0.6 is 0 Å². The Morgan fingerprint density at radius 1 is 1.53 bits per heavy atom. The van der Waals surface area contributed by atoms with E-state index in [1.165, 1.54) is 31.8 Å². The third kappa shape index (κ3) is 6.16. The minimum atomic E-state index is -0.235. The third-order valence-corrected chi connectivity index (χ3v) is 2.81. The van der Waals surface area contributed by atoms with Crippen LogP contribution in [-0.2, 0) is 9.53 Å². The molecule has 0 fully saturated rings. The number of carbonyl (C=O) groups excluding carboxylic acids is 1. The molecule has 2 nitrogen and oxygen atoms in total. The predicted octanol–water partition coefficient (Wildman–Crippen LogP) is 3.61. The van der Waals surface area contributed by atoms with E-state index >= 15 is 0 Å². The fourth-order valence-electron chi connectivity index (χ4n) is 1.90. The van der Waals surface area contributed by atoms with Crippen LogP contribution in [0.5, 0.6) is 0 Å². The van der Waals surface area contributed by atoms with Gasteiger partial charge in [0, 0.05) is 6.92 Å². The van der Waals surface area contributed by atoms with Crippen LogP contribution in [0.4, 0.5) is 0 Å². The van der Waals surface area contributed by atoms with E-state index in [0.717, 1.165) is 25.7 Å². The molecule has 0 aromatic heterocycles. The molecule has 0 amide bonds. The molecule has 0 saturated carbocycles. The first kappa shape index (κ1) is 13.8. The summed E-state index contributed by atoms with van der Waals surface area (Å²) in [6.45, 7) is 3.61. The standard InChI is InChI=1S/C15H22O2/c1-3-4-5-10-15(17-13(2)16)12-11-14-8-6-7-9-14/h8,15H,3-7,9-10H2,1-2H3. The molecule has 0 spiro atoms. The van der Waals surface area contributed by atoms with Crippen LogP contribution in [0.25, 0.3) is 0 Å². The predicted molar refractivity (Wildman–Crippen MR) is 69.4 cm³/mol.